The molecule has 2 heterocycles. The molecular weight excluding hydrogens is 434 g/mol. The molecular formula is C24H22F2N2O5. The summed E-state index contributed by atoms with van der Waals surface area (Å²) in [6.07, 6.45) is 0.818. The fourth-order valence-corrected chi connectivity index (χ4v) is 3.93. The van der Waals surface area contributed by atoms with Crippen molar-refractivity contribution in [3.05, 3.63) is 64.8 Å². The fourth-order valence-electron chi connectivity index (χ4n) is 3.93. The van der Waals surface area contributed by atoms with Gasteiger partial charge < -0.3 is 9.47 Å². The Morgan fingerprint density at radius 1 is 1.06 bits per heavy atom. The summed E-state index contributed by atoms with van der Waals surface area (Å²) in [5, 5.41) is 0.396. The van der Waals surface area contributed by atoms with Gasteiger partial charge in [-0.2, -0.15) is 8.78 Å². The zero-order chi connectivity index (χ0) is 24.1. The van der Waals surface area contributed by atoms with E-state index in [0.717, 1.165) is 4.90 Å². The number of halogens is 2. The average Bonchev–Trinajstić information content (AvgIpc) is 3.25. The number of alkyl halides is 2. The molecule has 0 unspecified atom stereocenters. The molecule has 0 atom stereocenters. The number of carbonyl (C=O) groups excluding carboxylic acids is 3. The summed E-state index contributed by atoms with van der Waals surface area (Å²) in [5.74, 6) is -1.23. The number of rotatable bonds is 4. The van der Waals surface area contributed by atoms with Crippen LogP contribution in [-0.2, 0) is 11.3 Å². The lowest BCUT2D eigenvalue weighted by atomic mass is 10.0. The molecule has 0 saturated carbocycles. The second-order valence-electron chi connectivity index (χ2n) is 8.72. The van der Waals surface area contributed by atoms with Crippen LogP contribution in [0.25, 0.3) is 10.9 Å². The first-order valence-electron chi connectivity index (χ1n) is 10.2. The number of benzene rings is 2. The van der Waals surface area contributed by atoms with Crippen molar-refractivity contribution in [2.24, 2.45) is 0 Å². The number of aryl methyl sites for hydroxylation is 1. The number of fused-ring (bicyclic) bond motifs is 2. The smallest absolute Gasteiger partial charge is 0.419 e. The third kappa shape index (κ3) is 4.06. The molecule has 0 radical (unpaired) electrons. The summed E-state index contributed by atoms with van der Waals surface area (Å²) in [6.45, 7) is 3.41. The second kappa shape index (κ2) is 7.99. The molecule has 0 spiro atoms. The predicted molar refractivity (Wildman–Crippen MR) is 116 cm³/mol. The van der Waals surface area contributed by atoms with Crippen LogP contribution in [0.1, 0.15) is 52.6 Å². The minimum absolute atomic E-state index is 0.173. The van der Waals surface area contributed by atoms with Crippen molar-refractivity contribution in [3.63, 3.8) is 0 Å². The Balaban J connectivity index is 1.83. The highest BCUT2D eigenvalue weighted by molar-refractivity contribution is 6.21. The summed E-state index contributed by atoms with van der Waals surface area (Å²) in [5.41, 5.74) is 0.832. The van der Waals surface area contributed by atoms with E-state index in [1.165, 1.54) is 29.0 Å². The molecule has 4 rings (SSSR count). The van der Waals surface area contributed by atoms with Gasteiger partial charge in [0.2, 0.25) is 0 Å². The summed E-state index contributed by atoms with van der Waals surface area (Å²) >= 11 is 0. The van der Waals surface area contributed by atoms with Crippen LogP contribution in [0.3, 0.4) is 0 Å². The molecule has 0 bridgehead atoms. The van der Waals surface area contributed by atoms with Gasteiger partial charge in [-0.15, -0.1) is 0 Å². The molecule has 172 valence electrons. The van der Waals surface area contributed by atoms with Crippen molar-refractivity contribution < 1.29 is 32.6 Å². The van der Waals surface area contributed by atoms with E-state index in [-0.39, 0.29) is 29.0 Å². The van der Waals surface area contributed by atoms with E-state index in [9.17, 15) is 23.2 Å². The summed E-state index contributed by atoms with van der Waals surface area (Å²) < 4.78 is 37.8. The van der Waals surface area contributed by atoms with Crippen LogP contribution in [0, 0.1) is 6.92 Å². The molecule has 1 aromatic heterocycles. The monoisotopic (exact) mass is 456 g/mol. The highest BCUT2D eigenvalue weighted by Gasteiger charge is 2.36. The normalized spacial score (nSPS) is 13.7. The number of imide groups is 1. The van der Waals surface area contributed by atoms with Gasteiger partial charge in [0.1, 0.15) is 11.4 Å². The number of amides is 2. The first-order valence-corrected chi connectivity index (χ1v) is 10.2. The van der Waals surface area contributed by atoms with E-state index in [1.807, 2.05) is 0 Å². The third-order valence-corrected chi connectivity index (χ3v) is 5.23. The number of hydrogen-bond donors (Lipinski definition) is 0. The van der Waals surface area contributed by atoms with Gasteiger partial charge >= 0.3 is 12.7 Å². The van der Waals surface area contributed by atoms with Crippen molar-refractivity contribution in [2.45, 2.75) is 46.5 Å². The van der Waals surface area contributed by atoms with Gasteiger partial charge in [0.05, 0.1) is 23.2 Å². The van der Waals surface area contributed by atoms with Crippen LogP contribution < -0.4 is 4.74 Å². The van der Waals surface area contributed by atoms with E-state index in [1.54, 1.807) is 45.9 Å². The summed E-state index contributed by atoms with van der Waals surface area (Å²) in [4.78, 5) is 39.4. The van der Waals surface area contributed by atoms with E-state index >= 15 is 0 Å². The SMILES string of the molecule is Cc1cc(OC(F)F)c(CN2C(=O)c3ccccc3C2=O)c2ccn(C(=O)OC(C)(C)C)c12. The average molecular weight is 456 g/mol. The molecule has 0 fully saturated rings. The third-order valence-electron chi connectivity index (χ3n) is 5.23. The Kier molecular flexibility index (Phi) is 5.43. The number of ether oxygens (including phenoxy) is 2. The Morgan fingerprint density at radius 3 is 2.21 bits per heavy atom. The van der Waals surface area contributed by atoms with Crippen molar-refractivity contribution in [1.82, 2.24) is 9.47 Å². The molecule has 1 aliphatic heterocycles. The van der Waals surface area contributed by atoms with E-state index in [2.05, 4.69) is 0 Å². The highest BCUT2D eigenvalue weighted by Crippen LogP contribution is 2.36. The Bertz CT molecular complexity index is 1250. The second-order valence-corrected chi connectivity index (χ2v) is 8.72. The molecule has 9 heteroatoms. The van der Waals surface area contributed by atoms with Crippen molar-refractivity contribution in [2.75, 3.05) is 0 Å². The van der Waals surface area contributed by atoms with Crippen LogP contribution >= 0.6 is 0 Å². The molecule has 2 aromatic carbocycles. The maximum Gasteiger partial charge on any atom is 0.419 e. The zero-order valence-electron chi connectivity index (χ0n) is 18.5. The molecule has 3 aromatic rings. The molecule has 7 nitrogen and oxygen atoms in total. The van der Waals surface area contributed by atoms with Crippen LogP contribution in [0.5, 0.6) is 5.75 Å². The summed E-state index contributed by atoms with van der Waals surface area (Å²) in [7, 11) is 0. The molecule has 0 saturated heterocycles. The van der Waals surface area contributed by atoms with Crippen LogP contribution in [0.2, 0.25) is 0 Å². The highest BCUT2D eigenvalue weighted by atomic mass is 19.3. The maximum absolute atomic E-state index is 13.2. The quantitative estimate of drug-likeness (QED) is 0.509. The van der Waals surface area contributed by atoms with Gasteiger partial charge in [0.15, 0.2) is 0 Å². The lowest BCUT2D eigenvalue weighted by Crippen LogP contribution is -2.29. The van der Waals surface area contributed by atoms with E-state index < -0.39 is 30.1 Å². The van der Waals surface area contributed by atoms with Gasteiger partial charge in [-0.1, -0.05) is 12.1 Å². The number of carbonyl (C=O) groups is 3. The molecule has 33 heavy (non-hydrogen) atoms. The van der Waals surface area contributed by atoms with Gasteiger partial charge in [0.25, 0.3) is 11.8 Å². The Hall–Kier alpha value is -3.75. The minimum Gasteiger partial charge on any atom is -0.443 e. The van der Waals surface area contributed by atoms with Crippen molar-refractivity contribution in [1.29, 1.82) is 0 Å². The van der Waals surface area contributed by atoms with E-state index in [0.29, 0.717) is 16.5 Å². The van der Waals surface area contributed by atoms with Crippen molar-refractivity contribution >= 4 is 28.8 Å². The topological polar surface area (TPSA) is 77.8 Å². The van der Waals surface area contributed by atoms with Crippen LogP contribution in [0.15, 0.2) is 42.6 Å². The largest absolute Gasteiger partial charge is 0.443 e. The fraction of sp³-hybridized carbons (Fsp3) is 0.292. The van der Waals surface area contributed by atoms with Gasteiger partial charge in [-0.25, -0.2) is 4.79 Å². The Morgan fingerprint density at radius 2 is 1.67 bits per heavy atom. The molecule has 0 aliphatic carbocycles. The van der Waals surface area contributed by atoms with Crippen molar-refractivity contribution in [3.8, 4) is 5.75 Å². The standard InChI is InChI=1S/C24H22F2N2O5/c1-13-11-18(32-22(25)26)17(12-28-20(29)15-7-5-6-8-16(15)21(28)30)14-9-10-27(19(13)14)23(31)33-24(2,3)4/h5-11,22H,12H2,1-4H3. The van der Waals surface area contributed by atoms with Gasteiger partial charge in [-0.05, 0) is 57.5 Å². The molecule has 2 amide bonds. The summed E-state index contributed by atoms with van der Waals surface area (Å²) in [6, 6.07) is 9.28. The number of nitrogens with zero attached hydrogens (tertiary/aromatic N) is 2. The first-order chi connectivity index (χ1) is 15.5. The molecule has 0 N–H and O–H groups in total. The van der Waals surface area contributed by atoms with Gasteiger partial charge in [0, 0.05) is 17.1 Å². The lowest BCUT2D eigenvalue weighted by Gasteiger charge is -2.21. The maximum atomic E-state index is 13.2. The molecule has 1 aliphatic rings. The lowest BCUT2D eigenvalue weighted by molar-refractivity contribution is -0.0505. The van der Waals surface area contributed by atoms with Gasteiger partial charge in [-0.3, -0.25) is 19.1 Å². The zero-order valence-corrected chi connectivity index (χ0v) is 18.5. The van der Waals surface area contributed by atoms with Crippen LogP contribution in [0.4, 0.5) is 13.6 Å². The first kappa shape index (κ1) is 22.4. The number of aromatic nitrogens is 1. The number of hydrogen-bond acceptors (Lipinski definition) is 5. The minimum atomic E-state index is -3.12. The van der Waals surface area contributed by atoms with Crippen LogP contribution in [-0.4, -0.2) is 39.6 Å². The predicted octanol–water partition coefficient (Wildman–Crippen LogP) is 5.13. The van der Waals surface area contributed by atoms with E-state index in [4.69, 9.17) is 9.47 Å². The Labute approximate surface area is 188 Å².